The van der Waals surface area contributed by atoms with Gasteiger partial charge in [-0.1, -0.05) is 11.6 Å². The van der Waals surface area contributed by atoms with E-state index in [9.17, 15) is 5.11 Å². The predicted octanol–water partition coefficient (Wildman–Crippen LogP) is 0.888. The van der Waals surface area contributed by atoms with Gasteiger partial charge in [-0.2, -0.15) is 0 Å². The Balaban J connectivity index is 2.24. The highest BCUT2D eigenvalue weighted by atomic mass is 35.5. The molecule has 76 valence electrons. The average molecular weight is 214 g/mol. The molecule has 0 aromatic carbocycles. The Morgan fingerprint density at radius 3 is 3.00 bits per heavy atom. The molecule has 1 aromatic heterocycles. The van der Waals surface area contributed by atoms with Gasteiger partial charge in [0.15, 0.2) is 0 Å². The van der Waals surface area contributed by atoms with E-state index in [-0.39, 0.29) is 6.10 Å². The van der Waals surface area contributed by atoms with Gasteiger partial charge in [0.25, 0.3) is 0 Å². The molecule has 2 heterocycles. The number of pyridine rings is 1. The van der Waals surface area contributed by atoms with Crippen molar-refractivity contribution in [2.45, 2.75) is 12.5 Å². The fraction of sp³-hybridized carbons (Fsp3) is 0.444. The predicted molar refractivity (Wildman–Crippen MR) is 56.5 cm³/mol. The van der Waals surface area contributed by atoms with Gasteiger partial charge in [0.2, 0.25) is 0 Å². The first-order valence-corrected chi connectivity index (χ1v) is 4.88. The summed E-state index contributed by atoms with van der Waals surface area (Å²) in [4.78, 5) is 6.12. The molecule has 1 aromatic rings. The van der Waals surface area contributed by atoms with E-state index in [0.717, 1.165) is 13.0 Å². The van der Waals surface area contributed by atoms with Gasteiger partial charge in [-0.25, -0.2) is 4.98 Å². The molecule has 14 heavy (non-hydrogen) atoms. The molecule has 0 saturated carbocycles. The molecule has 1 unspecified atom stereocenters. The van der Waals surface area contributed by atoms with Crippen LogP contribution in [-0.2, 0) is 0 Å². The Morgan fingerprint density at radius 1 is 1.64 bits per heavy atom. The molecular formula is C9H12ClN3O. The van der Waals surface area contributed by atoms with Crippen LogP contribution < -0.4 is 10.6 Å². The average Bonchev–Trinajstić information content (AvgIpc) is 2.51. The zero-order valence-electron chi connectivity index (χ0n) is 7.65. The number of aromatic nitrogens is 1. The minimum atomic E-state index is -0.273. The Morgan fingerprint density at radius 2 is 2.43 bits per heavy atom. The number of aliphatic hydroxyl groups excluding tert-OH is 1. The second-order valence-corrected chi connectivity index (χ2v) is 3.87. The lowest BCUT2D eigenvalue weighted by molar-refractivity contribution is 0.198. The van der Waals surface area contributed by atoms with E-state index < -0.39 is 0 Å². The van der Waals surface area contributed by atoms with Gasteiger partial charge in [-0.05, 0) is 12.5 Å². The van der Waals surface area contributed by atoms with Crippen molar-refractivity contribution in [2.24, 2.45) is 0 Å². The second kappa shape index (κ2) is 3.63. The van der Waals surface area contributed by atoms with Crippen LogP contribution in [0.2, 0.25) is 5.02 Å². The summed E-state index contributed by atoms with van der Waals surface area (Å²) >= 11 is 5.99. The molecule has 4 nitrogen and oxygen atoms in total. The number of aliphatic hydroxyl groups is 1. The first-order chi connectivity index (χ1) is 6.66. The van der Waals surface area contributed by atoms with E-state index in [4.69, 9.17) is 17.3 Å². The van der Waals surface area contributed by atoms with Crippen molar-refractivity contribution in [1.82, 2.24) is 4.98 Å². The zero-order valence-corrected chi connectivity index (χ0v) is 8.41. The van der Waals surface area contributed by atoms with Crippen molar-refractivity contribution in [3.05, 3.63) is 17.3 Å². The number of hydrogen-bond donors (Lipinski definition) is 2. The minimum Gasteiger partial charge on any atom is -0.397 e. The van der Waals surface area contributed by atoms with Crippen LogP contribution >= 0.6 is 11.6 Å². The third kappa shape index (κ3) is 1.76. The highest BCUT2D eigenvalue weighted by Gasteiger charge is 2.22. The number of nitrogen functional groups attached to an aromatic ring is 1. The molecule has 5 heteroatoms. The lowest BCUT2D eigenvalue weighted by Gasteiger charge is -2.17. The summed E-state index contributed by atoms with van der Waals surface area (Å²) in [5.41, 5.74) is 6.09. The molecular weight excluding hydrogens is 202 g/mol. The summed E-state index contributed by atoms with van der Waals surface area (Å²) in [5, 5.41) is 9.91. The molecule has 0 amide bonds. The number of hydrogen-bond acceptors (Lipinski definition) is 4. The number of anilines is 2. The maximum absolute atomic E-state index is 9.37. The summed E-state index contributed by atoms with van der Waals surface area (Å²) in [6, 6.07) is 1.68. The zero-order chi connectivity index (χ0) is 10.1. The summed E-state index contributed by atoms with van der Waals surface area (Å²) in [7, 11) is 0. The number of nitrogens with zero attached hydrogens (tertiary/aromatic N) is 2. The van der Waals surface area contributed by atoms with Gasteiger partial charge in [0.1, 0.15) is 5.82 Å². The number of halogens is 1. The van der Waals surface area contributed by atoms with Crippen LogP contribution in [0.5, 0.6) is 0 Å². The van der Waals surface area contributed by atoms with Crippen molar-refractivity contribution < 1.29 is 5.11 Å². The fourth-order valence-corrected chi connectivity index (χ4v) is 1.91. The third-order valence-corrected chi connectivity index (χ3v) is 2.58. The number of nitrogens with two attached hydrogens (primary N) is 1. The SMILES string of the molecule is Nc1cnc(N2CCC(O)C2)c(Cl)c1. The molecule has 1 fully saturated rings. The lowest BCUT2D eigenvalue weighted by Crippen LogP contribution is -2.22. The topological polar surface area (TPSA) is 62.4 Å². The smallest absolute Gasteiger partial charge is 0.147 e. The highest BCUT2D eigenvalue weighted by molar-refractivity contribution is 6.33. The fourth-order valence-electron chi connectivity index (χ4n) is 1.61. The second-order valence-electron chi connectivity index (χ2n) is 3.46. The van der Waals surface area contributed by atoms with E-state index >= 15 is 0 Å². The molecule has 0 spiro atoms. The maximum Gasteiger partial charge on any atom is 0.147 e. The summed E-state index contributed by atoms with van der Waals surface area (Å²) in [6.07, 6.45) is 2.07. The Labute approximate surface area is 87.3 Å². The maximum atomic E-state index is 9.37. The first kappa shape index (κ1) is 9.55. The molecule has 1 aliphatic rings. The van der Waals surface area contributed by atoms with E-state index in [2.05, 4.69) is 4.98 Å². The Kier molecular flexibility index (Phi) is 2.48. The van der Waals surface area contributed by atoms with E-state index in [1.807, 2.05) is 4.90 Å². The van der Waals surface area contributed by atoms with Gasteiger partial charge < -0.3 is 15.7 Å². The van der Waals surface area contributed by atoms with Crippen LogP contribution in [-0.4, -0.2) is 29.3 Å². The largest absolute Gasteiger partial charge is 0.397 e. The Bertz CT molecular complexity index is 345. The van der Waals surface area contributed by atoms with E-state index in [1.165, 1.54) is 0 Å². The minimum absolute atomic E-state index is 0.273. The van der Waals surface area contributed by atoms with Crippen LogP contribution in [0.15, 0.2) is 12.3 Å². The van der Waals surface area contributed by atoms with E-state index in [0.29, 0.717) is 23.1 Å². The summed E-state index contributed by atoms with van der Waals surface area (Å²) < 4.78 is 0. The van der Waals surface area contributed by atoms with Crippen LogP contribution in [0.1, 0.15) is 6.42 Å². The number of rotatable bonds is 1. The van der Waals surface area contributed by atoms with Crippen molar-refractivity contribution in [3.8, 4) is 0 Å². The van der Waals surface area contributed by atoms with Gasteiger partial charge in [-0.3, -0.25) is 0 Å². The monoisotopic (exact) mass is 213 g/mol. The standard InChI is InChI=1S/C9H12ClN3O/c10-8-3-6(11)4-12-9(8)13-2-1-7(14)5-13/h3-4,7,14H,1-2,5,11H2. The summed E-state index contributed by atoms with van der Waals surface area (Å²) in [6.45, 7) is 1.38. The highest BCUT2D eigenvalue weighted by Crippen LogP contribution is 2.27. The normalized spacial score (nSPS) is 21.6. The molecule has 1 atom stereocenters. The van der Waals surface area contributed by atoms with E-state index in [1.54, 1.807) is 12.3 Å². The molecule has 1 saturated heterocycles. The first-order valence-electron chi connectivity index (χ1n) is 4.51. The van der Waals surface area contributed by atoms with Crippen LogP contribution in [0.3, 0.4) is 0 Å². The van der Waals surface area contributed by atoms with Gasteiger partial charge in [-0.15, -0.1) is 0 Å². The Hall–Kier alpha value is -1.00. The van der Waals surface area contributed by atoms with Crippen LogP contribution in [0.25, 0.3) is 0 Å². The van der Waals surface area contributed by atoms with Gasteiger partial charge in [0, 0.05) is 13.1 Å². The van der Waals surface area contributed by atoms with Gasteiger partial charge in [0.05, 0.1) is 23.0 Å². The molecule has 0 radical (unpaired) electrons. The molecule has 2 rings (SSSR count). The van der Waals surface area contributed by atoms with Crippen LogP contribution in [0, 0.1) is 0 Å². The molecule has 0 bridgehead atoms. The lowest BCUT2D eigenvalue weighted by atomic mass is 10.3. The molecule has 3 N–H and O–H groups in total. The third-order valence-electron chi connectivity index (χ3n) is 2.31. The summed E-state index contributed by atoms with van der Waals surface area (Å²) in [5.74, 6) is 0.706. The quantitative estimate of drug-likeness (QED) is 0.728. The van der Waals surface area contributed by atoms with Crippen molar-refractivity contribution in [2.75, 3.05) is 23.7 Å². The molecule has 1 aliphatic heterocycles. The number of β-amino-alcohol motifs (C(OH)–C–C–N with tert-alkyl or cyclic N) is 1. The van der Waals surface area contributed by atoms with Crippen molar-refractivity contribution in [3.63, 3.8) is 0 Å². The van der Waals surface area contributed by atoms with Crippen LogP contribution in [0.4, 0.5) is 11.5 Å². The van der Waals surface area contributed by atoms with Crippen molar-refractivity contribution in [1.29, 1.82) is 0 Å². The van der Waals surface area contributed by atoms with Gasteiger partial charge >= 0.3 is 0 Å². The molecule has 0 aliphatic carbocycles. The van der Waals surface area contributed by atoms with Crippen molar-refractivity contribution >= 4 is 23.1 Å².